The van der Waals surface area contributed by atoms with E-state index in [1.807, 2.05) is 6.92 Å². The zero-order valence-corrected chi connectivity index (χ0v) is 15.6. The van der Waals surface area contributed by atoms with Crippen LogP contribution in [0, 0.1) is 20.8 Å². The van der Waals surface area contributed by atoms with Gasteiger partial charge in [0.25, 0.3) is 0 Å². The molecule has 0 saturated carbocycles. The first-order valence-corrected chi connectivity index (χ1v) is 9.35. The molecule has 4 N–H and O–H groups in total. The fraction of sp³-hybridized carbons (Fsp3) is 0.222. The molecule has 2 amide bonds. The quantitative estimate of drug-likeness (QED) is 0.711. The van der Waals surface area contributed by atoms with Crippen LogP contribution in [-0.4, -0.2) is 26.8 Å². The van der Waals surface area contributed by atoms with Gasteiger partial charge in [0.15, 0.2) is 0 Å². The minimum Gasteiger partial charge on any atom is -0.366 e. The van der Waals surface area contributed by atoms with E-state index >= 15 is 0 Å². The van der Waals surface area contributed by atoms with Gasteiger partial charge < -0.3 is 11.1 Å². The van der Waals surface area contributed by atoms with Gasteiger partial charge in [-0.1, -0.05) is 17.7 Å². The van der Waals surface area contributed by atoms with Crippen molar-refractivity contribution in [1.82, 2.24) is 4.72 Å². The molecule has 0 radical (unpaired) electrons. The summed E-state index contributed by atoms with van der Waals surface area (Å²) in [5, 5.41) is 2.55. The molecule has 7 nitrogen and oxygen atoms in total. The van der Waals surface area contributed by atoms with Crippen LogP contribution in [-0.2, 0) is 14.8 Å². The molecule has 2 aromatic carbocycles. The van der Waals surface area contributed by atoms with Crippen molar-refractivity contribution in [3.8, 4) is 0 Å². The second-order valence-electron chi connectivity index (χ2n) is 6.04. The number of rotatable bonds is 6. The fourth-order valence-electron chi connectivity index (χ4n) is 2.75. The second kappa shape index (κ2) is 7.67. The molecule has 0 fully saturated rings. The molecule has 0 aliphatic heterocycles. The molecule has 138 valence electrons. The van der Waals surface area contributed by atoms with Crippen LogP contribution in [0.25, 0.3) is 0 Å². The molecule has 26 heavy (non-hydrogen) atoms. The first-order valence-electron chi connectivity index (χ1n) is 7.87. The summed E-state index contributed by atoms with van der Waals surface area (Å²) >= 11 is 0. The number of carbonyl (C=O) groups is 2. The van der Waals surface area contributed by atoms with Gasteiger partial charge in [-0.15, -0.1) is 0 Å². The summed E-state index contributed by atoms with van der Waals surface area (Å²) < 4.78 is 27.4. The van der Waals surface area contributed by atoms with Crippen molar-refractivity contribution in [3.05, 3.63) is 58.7 Å². The maximum absolute atomic E-state index is 12.5. The Hall–Kier alpha value is -2.71. The minimum absolute atomic E-state index is 0.182. The summed E-state index contributed by atoms with van der Waals surface area (Å²) in [5.41, 5.74) is 8.11. The van der Waals surface area contributed by atoms with E-state index in [0.717, 1.165) is 5.56 Å². The number of primary amides is 1. The van der Waals surface area contributed by atoms with E-state index in [0.29, 0.717) is 22.4 Å². The van der Waals surface area contributed by atoms with Crippen LogP contribution < -0.4 is 15.8 Å². The normalized spacial score (nSPS) is 11.2. The van der Waals surface area contributed by atoms with Gasteiger partial charge in [0.1, 0.15) is 0 Å². The lowest BCUT2D eigenvalue weighted by Crippen LogP contribution is -2.33. The van der Waals surface area contributed by atoms with Crippen LogP contribution in [0.15, 0.2) is 41.3 Å². The molecule has 2 aromatic rings. The molecule has 0 saturated heterocycles. The number of aryl methyl sites for hydroxylation is 3. The van der Waals surface area contributed by atoms with Crippen LogP contribution in [0.3, 0.4) is 0 Å². The molecule has 0 spiro atoms. The van der Waals surface area contributed by atoms with Crippen molar-refractivity contribution in [1.29, 1.82) is 0 Å². The maximum Gasteiger partial charge on any atom is 0.248 e. The Morgan fingerprint density at radius 1 is 1.00 bits per heavy atom. The summed E-state index contributed by atoms with van der Waals surface area (Å²) in [4.78, 5) is 23.2. The van der Waals surface area contributed by atoms with Gasteiger partial charge in [0.2, 0.25) is 21.8 Å². The number of hydrogen-bond donors (Lipinski definition) is 3. The van der Waals surface area contributed by atoms with Gasteiger partial charge in [-0.3, -0.25) is 9.59 Å². The van der Waals surface area contributed by atoms with Crippen LogP contribution >= 0.6 is 0 Å². The number of hydrogen-bond acceptors (Lipinski definition) is 4. The molecule has 0 aromatic heterocycles. The Bertz CT molecular complexity index is 928. The lowest BCUT2D eigenvalue weighted by Gasteiger charge is -2.13. The van der Waals surface area contributed by atoms with Crippen molar-refractivity contribution in [2.24, 2.45) is 5.73 Å². The highest BCUT2D eigenvalue weighted by molar-refractivity contribution is 7.89. The summed E-state index contributed by atoms with van der Waals surface area (Å²) in [6.45, 7) is 4.91. The number of carbonyl (C=O) groups excluding carboxylic acids is 2. The average molecular weight is 375 g/mol. The number of amides is 2. The number of nitrogens with two attached hydrogens (primary N) is 1. The number of sulfonamides is 1. The maximum atomic E-state index is 12.5. The smallest absolute Gasteiger partial charge is 0.248 e. The van der Waals surface area contributed by atoms with Crippen LogP contribution in [0.4, 0.5) is 5.69 Å². The van der Waals surface area contributed by atoms with Gasteiger partial charge in [-0.05, 0) is 56.2 Å². The molecule has 0 aliphatic carbocycles. The summed E-state index contributed by atoms with van der Waals surface area (Å²) in [5.74, 6) is -1.10. The van der Waals surface area contributed by atoms with Crippen molar-refractivity contribution in [2.45, 2.75) is 25.7 Å². The zero-order valence-electron chi connectivity index (χ0n) is 14.8. The Balaban J connectivity index is 2.05. The highest BCUT2D eigenvalue weighted by Gasteiger charge is 2.20. The molecule has 0 bridgehead atoms. The molecule has 0 unspecified atom stereocenters. The highest BCUT2D eigenvalue weighted by Crippen LogP contribution is 2.21. The van der Waals surface area contributed by atoms with E-state index < -0.39 is 28.4 Å². The first kappa shape index (κ1) is 19.6. The third-order valence-electron chi connectivity index (χ3n) is 3.75. The topological polar surface area (TPSA) is 118 Å². The molecule has 2 rings (SSSR count). The Labute approximate surface area is 152 Å². The Morgan fingerprint density at radius 3 is 2.04 bits per heavy atom. The summed E-state index contributed by atoms with van der Waals surface area (Å²) in [7, 11) is -3.82. The first-order chi connectivity index (χ1) is 12.1. The standard InChI is InChI=1S/C18H21N3O4S/c1-11-8-12(2)17(13(3)9-11)26(24,25)20-10-16(22)21-15-6-4-14(5-7-15)18(19)23/h4-9,20H,10H2,1-3H3,(H2,19,23)(H,21,22). The number of nitrogens with one attached hydrogen (secondary N) is 2. The van der Waals surface area contributed by atoms with E-state index in [9.17, 15) is 18.0 Å². The fourth-order valence-corrected chi connectivity index (χ4v) is 4.18. The van der Waals surface area contributed by atoms with Crippen molar-refractivity contribution < 1.29 is 18.0 Å². The predicted molar refractivity (Wildman–Crippen MR) is 99.4 cm³/mol. The van der Waals surface area contributed by atoms with E-state index in [1.54, 1.807) is 26.0 Å². The number of anilines is 1. The van der Waals surface area contributed by atoms with Crippen LogP contribution in [0.2, 0.25) is 0 Å². The highest BCUT2D eigenvalue weighted by atomic mass is 32.2. The van der Waals surface area contributed by atoms with Crippen molar-refractivity contribution >= 4 is 27.5 Å². The van der Waals surface area contributed by atoms with Crippen molar-refractivity contribution in [2.75, 3.05) is 11.9 Å². The molecular weight excluding hydrogens is 354 g/mol. The lowest BCUT2D eigenvalue weighted by atomic mass is 10.1. The SMILES string of the molecule is Cc1cc(C)c(S(=O)(=O)NCC(=O)Nc2ccc(C(N)=O)cc2)c(C)c1. The predicted octanol–water partition coefficient (Wildman–Crippen LogP) is 1.63. The van der Waals surface area contributed by atoms with Crippen molar-refractivity contribution in [3.63, 3.8) is 0 Å². The summed E-state index contributed by atoms with van der Waals surface area (Å²) in [6.07, 6.45) is 0. The van der Waals surface area contributed by atoms with Gasteiger partial charge >= 0.3 is 0 Å². The number of benzene rings is 2. The minimum atomic E-state index is -3.82. The Kier molecular flexibility index (Phi) is 5.79. The average Bonchev–Trinajstić information content (AvgIpc) is 2.52. The monoisotopic (exact) mass is 375 g/mol. The zero-order chi connectivity index (χ0) is 19.5. The Morgan fingerprint density at radius 2 is 1.54 bits per heavy atom. The molecule has 0 atom stereocenters. The van der Waals surface area contributed by atoms with Gasteiger partial charge in [-0.2, -0.15) is 0 Å². The largest absolute Gasteiger partial charge is 0.366 e. The summed E-state index contributed by atoms with van der Waals surface area (Å²) in [6, 6.07) is 9.54. The van der Waals surface area contributed by atoms with Gasteiger partial charge in [-0.25, -0.2) is 13.1 Å². The molecule has 0 heterocycles. The molecule has 8 heteroatoms. The van der Waals surface area contributed by atoms with Gasteiger partial charge in [0.05, 0.1) is 11.4 Å². The van der Waals surface area contributed by atoms with E-state index in [4.69, 9.17) is 5.73 Å². The molecule has 0 aliphatic rings. The van der Waals surface area contributed by atoms with E-state index in [-0.39, 0.29) is 4.90 Å². The molecular formula is C18H21N3O4S. The van der Waals surface area contributed by atoms with E-state index in [2.05, 4.69) is 10.0 Å². The van der Waals surface area contributed by atoms with E-state index in [1.165, 1.54) is 24.3 Å². The third kappa shape index (κ3) is 4.68. The second-order valence-corrected chi connectivity index (χ2v) is 7.75. The van der Waals surface area contributed by atoms with Gasteiger partial charge in [0, 0.05) is 11.3 Å². The third-order valence-corrected chi connectivity index (χ3v) is 5.46. The van der Waals surface area contributed by atoms with Crippen LogP contribution in [0.1, 0.15) is 27.0 Å². The lowest BCUT2D eigenvalue weighted by molar-refractivity contribution is -0.115. The van der Waals surface area contributed by atoms with Crippen LogP contribution in [0.5, 0.6) is 0 Å².